The third-order valence-corrected chi connectivity index (χ3v) is 6.22. The molecule has 5 nitrogen and oxygen atoms in total. The molecule has 0 radical (unpaired) electrons. The number of nitrogens with one attached hydrogen (secondary N) is 1. The maximum absolute atomic E-state index is 12.3. The molecule has 3 aliphatic rings. The van der Waals surface area contributed by atoms with Crippen molar-refractivity contribution in [3.05, 3.63) is 0 Å². The van der Waals surface area contributed by atoms with E-state index in [-0.39, 0.29) is 23.8 Å². The molecule has 0 bridgehead atoms. The highest BCUT2D eigenvalue weighted by Crippen LogP contribution is 2.34. The second-order valence-electron chi connectivity index (χ2n) is 6.04. The number of hydrogen-bond acceptors (Lipinski definition) is 3. The number of carbonyl (C=O) groups excluding carboxylic acids is 1. The Balaban J connectivity index is 1.74. The second-order valence-corrected chi connectivity index (χ2v) is 7.69. The van der Waals surface area contributed by atoms with Crippen molar-refractivity contribution in [3.63, 3.8) is 0 Å². The van der Waals surface area contributed by atoms with Gasteiger partial charge in [0.2, 0.25) is 0 Å². The first-order valence-corrected chi connectivity index (χ1v) is 8.84. The smallest absolute Gasteiger partial charge is 0.279 e. The summed E-state index contributed by atoms with van der Waals surface area (Å²) >= 11 is 0. The van der Waals surface area contributed by atoms with Crippen LogP contribution in [0.4, 0.5) is 0 Å². The van der Waals surface area contributed by atoms with Crippen molar-refractivity contribution in [3.8, 4) is 0 Å². The predicted molar refractivity (Wildman–Crippen MR) is 71.8 cm³/mol. The van der Waals surface area contributed by atoms with Crippen molar-refractivity contribution >= 4 is 16.0 Å². The molecule has 3 fully saturated rings. The highest BCUT2D eigenvalue weighted by Gasteiger charge is 2.43. The normalized spacial score (nSPS) is 33.8. The Morgan fingerprint density at radius 3 is 2.53 bits per heavy atom. The predicted octanol–water partition coefficient (Wildman–Crippen LogP) is 1.21. The lowest BCUT2D eigenvalue weighted by atomic mass is 9.82. The number of carbonyl (C=O) groups is 1. The third kappa shape index (κ3) is 2.85. The monoisotopic (exact) mass is 286 g/mol. The Hall–Kier alpha value is -0.460. The molecule has 2 aliphatic carbocycles. The Morgan fingerprint density at radius 2 is 1.84 bits per heavy atom. The minimum absolute atomic E-state index is 0.0629. The van der Waals surface area contributed by atoms with Gasteiger partial charge in [0.1, 0.15) is 5.78 Å². The molecule has 2 unspecified atom stereocenters. The Kier molecular flexibility index (Phi) is 3.66. The molecule has 0 spiro atoms. The van der Waals surface area contributed by atoms with Gasteiger partial charge in [0.25, 0.3) is 10.2 Å². The minimum Gasteiger partial charge on any atom is -0.299 e. The summed E-state index contributed by atoms with van der Waals surface area (Å²) in [7, 11) is -3.39. The van der Waals surface area contributed by atoms with Crippen LogP contribution in [0.2, 0.25) is 0 Å². The topological polar surface area (TPSA) is 66.5 Å². The lowest BCUT2D eigenvalue weighted by molar-refractivity contribution is -0.126. The van der Waals surface area contributed by atoms with Crippen molar-refractivity contribution in [2.45, 2.75) is 63.5 Å². The summed E-state index contributed by atoms with van der Waals surface area (Å²) in [5.41, 5.74) is 0. The number of Topliss-reactive ketones (excluding diaryl/α,β-unsaturated/α-hetero) is 1. The zero-order valence-corrected chi connectivity index (χ0v) is 12.0. The molecule has 2 atom stereocenters. The first-order chi connectivity index (χ1) is 9.08. The van der Waals surface area contributed by atoms with Crippen LogP contribution >= 0.6 is 0 Å². The van der Waals surface area contributed by atoms with Crippen molar-refractivity contribution in [1.82, 2.24) is 9.03 Å². The molecular weight excluding hydrogens is 264 g/mol. The van der Waals surface area contributed by atoms with Crippen LogP contribution in [0.25, 0.3) is 0 Å². The van der Waals surface area contributed by atoms with Gasteiger partial charge in [0, 0.05) is 31.0 Å². The van der Waals surface area contributed by atoms with E-state index in [0.29, 0.717) is 13.0 Å². The molecule has 1 N–H and O–H groups in total. The largest absolute Gasteiger partial charge is 0.299 e. The quantitative estimate of drug-likeness (QED) is 0.844. The van der Waals surface area contributed by atoms with Gasteiger partial charge in [0.15, 0.2) is 0 Å². The van der Waals surface area contributed by atoms with E-state index in [1.165, 1.54) is 0 Å². The zero-order valence-electron chi connectivity index (χ0n) is 11.2. The third-order valence-electron chi connectivity index (χ3n) is 4.52. The molecule has 1 aliphatic heterocycles. The van der Waals surface area contributed by atoms with Gasteiger partial charge >= 0.3 is 0 Å². The number of hydrogen-bond donors (Lipinski definition) is 1. The van der Waals surface area contributed by atoms with Crippen molar-refractivity contribution in [1.29, 1.82) is 0 Å². The molecule has 0 aromatic heterocycles. The van der Waals surface area contributed by atoms with E-state index in [1.54, 1.807) is 4.31 Å². The maximum Gasteiger partial charge on any atom is 0.279 e. The fraction of sp³-hybridized carbons (Fsp3) is 0.923. The lowest BCUT2D eigenvalue weighted by Gasteiger charge is -2.32. The van der Waals surface area contributed by atoms with Crippen LogP contribution in [-0.4, -0.2) is 37.1 Å². The molecular formula is C13H22N2O3S. The lowest BCUT2D eigenvalue weighted by Crippen LogP contribution is -2.48. The minimum atomic E-state index is -3.39. The first kappa shape index (κ1) is 13.5. The van der Waals surface area contributed by atoms with E-state index in [9.17, 15) is 13.2 Å². The van der Waals surface area contributed by atoms with Gasteiger partial charge in [0.05, 0.1) is 0 Å². The van der Waals surface area contributed by atoms with E-state index < -0.39 is 10.2 Å². The fourth-order valence-corrected chi connectivity index (χ4v) is 5.13. The van der Waals surface area contributed by atoms with Gasteiger partial charge < -0.3 is 0 Å². The van der Waals surface area contributed by atoms with Crippen LogP contribution in [0.3, 0.4) is 0 Å². The summed E-state index contributed by atoms with van der Waals surface area (Å²) in [6, 6.07) is 0.0392. The first-order valence-electron chi connectivity index (χ1n) is 7.40. The summed E-state index contributed by atoms with van der Waals surface area (Å²) in [5.74, 6) is 0.205. The summed E-state index contributed by atoms with van der Waals surface area (Å²) in [4.78, 5) is 12.0. The molecule has 0 aromatic rings. The van der Waals surface area contributed by atoms with Crippen LogP contribution in [0.1, 0.15) is 51.4 Å². The van der Waals surface area contributed by atoms with Crippen LogP contribution in [0, 0.1) is 5.92 Å². The van der Waals surface area contributed by atoms with Gasteiger partial charge in [-0.15, -0.1) is 0 Å². The van der Waals surface area contributed by atoms with Crippen LogP contribution in [0.15, 0.2) is 0 Å². The van der Waals surface area contributed by atoms with Gasteiger partial charge in [-0.25, -0.2) is 0 Å². The molecule has 108 valence electrons. The van der Waals surface area contributed by atoms with E-state index in [0.717, 1.165) is 44.9 Å². The van der Waals surface area contributed by atoms with Crippen LogP contribution in [0.5, 0.6) is 0 Å². The molecule has 3 rings (SSSR count). The van der Waals surface area contributed by atoms with Crippen molar-refractivity contribution in [2.75, 3.05) is 6.54 Å². The Morgan fingerprint density at radius 1 is 1.05 bits per heavy atom. The number of ketones is 1. The molecule has 0 amide bonds. The molecule has 1 saturated heterocycles. The fourth-order valence-electron chi connectivity index (χ4n) is 3.36. The van der Waals surface area contributed by atoms with E-state index >= 15 is 0 Å². The average Bonchev–Trinajstić information content (AvgIpc) is 3.02. The number of nitrogens with zero attached hydrogens (tertiary/aromatic N) is 1. The SMILES string of the molecule is O=C1CCCCC1C1CCCN1S(=O)(=O)NC1CC1. The highest BCUT2D eigenvalue weighted by atomic mass is 32.2. The maximum atomic E-state index is 12.3. The molecule has 2 saturated carbocycles. The van der Waals surface area contributed by atoms with E-state index in [1.807, 2.05) is 0 Å². The van der Waals surface area contributed by atoms with Crippen molar-refractivity contribution in [2.24, 2.45) is 5.92 Å². The van der Waals surface area contributed by atoms with Crippen molar-refractivity contribution < 1.29 is 13.2 Å². The van der Waals surface area contributed by atoms with Crippen LogP contribution < -0.4 is 4.72 Å². The highest BCUT2D eigenvalue weighted by molar-refractivity contribution is 7.87. The van der Waals surface area contributed by atoms with Gasteiger partial charge in [-0.05, 0) is 38.5 Å². The standard InChI is InChI=1S/C13H22N2O3S/c16-13-6-2-1-4-11(13)12-5-3-9-15(12)19(17,18)14-10-7-8-10/h10-12,14H,1-9H2. The number of rotatable bonds is 4. The summed E-state index contributed by atoms with van der Waals surface area (Å²) < 4.78 is 29.0. The second kappa shape index (κ2) is 5.14. The Labute approximate surface area is 114 Å². The average molecular weight is 286 g/mol. The van der Waals surface area contributed by atoms with Gasteiger partial charge in [-0.1, -0.05) is 6.42 Å². The van der Waals surface area contributed by atoms with E-state index in [2.05, 4.69) is 4.72 Å². The van der Waals surface area contributed by atoms with Gasteiger partial charge in [-0.3, -0.25) is 4.79 Å². The molecule has 0 aromatic carbocycles. The van der Waals surface area contributed by atoms with Gasteiger partial charge in [-0.2, -0.15) is 17.4 Å². The summed E-state index contributed by atoms with van der Waals surface area (Å²) in [6.45, 7) is 0.566. The molecule has 1 heterocycles. The van der Waals surface area contributed by atoms with Crippen LogP contribution in [-0.2, 0) is 15.0 Å². The summed E-state index contributed by atoms with van der Waals surface area (Å²) in [6.07, 6.45) is 7.11. The summed E-state index contributed by atoms with van der Waals surface area (Å²) in [5, 5.41) is 0. The molecule has 6 heteroatoms. The Bertz CT molecular complexity index is 459. The molecule has 19 heavy (non-hydrogen) atoms. The zero-order chi connectivity index (χ0) is 13.5. The van der Waals surface area contributed by atoms with E-state index in [4.69, 9.17) is 0 Å².